The van der Waals surface area contributed by atoms with Crippen molar-refractivity contribution in [1.29, 1.82) is 0 Å². The summed E-state index contributed by atoms with van der Waals surface area (Å²) in [5.41, 5.74) is 3.23. The maximum Gasteiger partial charge on any atom is 0.231 e. The third kappa shape index (κ3) is 2.35. The average Bonchev–Trinajstić information content (AvgIpc) is 3.27. The number of pyridine rings is 1. The summed E-state index contributed by atoms with van der Waals surface area (Å²) in [4.78, 5) is 4.68. The Labute approximate surface area is 145 Å². The van der Waals surface area contributed by atoms with Crippen LogP contribution in [0, 0.1) is 0 Å². The van der Waals surface area contributed by atoms with Crippen LogP contribution in [0.5, 0.6) is 23.0 Å². The Morgan fingerprint density at radius 2 is 1.44 bits per heavy atom. The van der Waals surface area contributed by atoms with E-state index in [4.69, 9.17) is 18.9 Å². The SMILES string of the molecule is CCCc1cc2c(cc1-c1cc3cc4c(cc3cn1)OCO4)OCO2. The van der Waals surface area contributed by atoms with E-state index < -0.39 is 0 Å². The number of benzene rings is 2. The van der Waals surface area contributed by atoms with Gasteiger partial charge in [0, 0.05) is 17.1 Å². The normalized spacial score (nSPS) is 14.3. The molecule has 25 heavy (non-hydrogen) atoms. The molecule has 0 bridgehead atoms. The van der Waals surface area contributed by atoms with Crippen molar-refractivity contribution in [1.82, 2.24) is 4.98 Å². The molecule has 3 aromatic rings. The van der Waals surface area contributed by atoms with Crippen LogP contribution in [0.15, 0.2) is 36.5 Å². The minimum Gasteiger partial charge on any atom is -0.454 e. The largest absolute Gasteiger partial charge is 0.454 e. The third-order valence-corrected chi connectivity index (χ3v) is 4.61. The van der Waals surface area contributed by atoms with Gasteiger partial charge in [0.05, 0.1) is 5.69 Å². The molecule has 0 N–H and O–H groups in total. The topological polar surface area (TPSA) is 49.8 Å². The van der Waals surface area contributed by atoms with Gasteiger partial charge in [0.2, 0.25) is 13.6 Å². The molecule has 126 valence electrons. The lowest BCUT2D eigenvalue weighted by Gasteiger charge is -2.11. The van der Waals surface area contributed by atoms with E-state index in [1.165, 1.54) is 5.56 Å². The highest BCUT2D eigenvalue weighted by Gasteiger charge is 2.19. The first-order valence-corrected chi connectivity index (χ1v) is 8.44. The van der Waals surface area contributed by atoms with Gasteiger partial charge in [-0.3, -0.25) is 4.98 Å². The standard InChI is InChI=1S/C20H17NO4/c1-2-3-12-5-17-20(25-11-22-17)8-15(12)16-4-13-6-18-19(24-10-23-18)7-14(13)9-21-16/h4-9H,2-3,10-11H2,1H3. The third-order valence-electron chi connectivity index (χ3n) is 4.61. The first-order chi connectivity index (χ1) is 12.3. The van der Waals surface area contributed by atoms with E-state index >= 15 is 0 Å². The summed E-state index contributed by atoms with van der Waals surface area (Å²) in [7, 11) is 0. The molecule has 0 spiro atoms. The van der Waals surface area contributed by atoms with Crippen LogP contribution in [0.3, 0.4) is 0 Å². The first kappa shape index (κ1) is 14.4. The number of ether oxygens (including phenoxy) is 4. The van der Waals surface area contributed by atoms with Gasteiger partial charge in [0.25, 0.3) is 0 Å². The Morgan fingerprint density at radius 3 is 2.16 bits per heavy atom. The molecule has 5 rings (SSSR count). The van der Waals surface area contributed by atoms with Crippen molar-refractivity contribution in [3.8, 4) is 34.3 Å². The summed E-state index contributed by atoms with van der Waals surface area (Å²) < 4.78 is 22.0. The van der Waals surface area contributed by atoms with Gasteiger partial charge in [-0.25, -0.2) is 0 Å². The van der Waals surface area contributed by atoms with Crippen molar-refractivity contribution >= 4 is 10.8 Å². The molecule has 0 saturated carbocycles. The lowest BCUT2D eigenvalue weighted by molar-refractivity contribution is 0.173. The Hall–Kier alpha value is -2.95. The van der Waals surface area contributed by atoms with E-state index in [-0.39, 0.29) is 13.6 Å². The van der Waals surface area contributed by atoms with Crippen LogP contribution in [-0.2, 0) is 6.42 Å². The molecule has 5 heteroatoms. The van der Waals surface area contributed by atoms with Gasteiger partial charge < -0.3 is 18.9 Å². The molecule has 0 amide bonds. The second-order valence-corrected chi connectivity index (χ2v) is 6.23. The van der Waals surface area contributed by atoms with E-state index in [9.17, 15) is 0 Å². The summed E-state index contributed by atoms with van der Waals surface area (Å²) in [5.74, 6) is 3.15. The van der Waals surface area contributed by atoms with Gasteiger partial charge in [-0.05, 0) is 47.7 Å². The van der Waals surface area contributed by atoms with Gasteiger partial charge in [-0.1, -0.05) is 13.3 Å². The zero-order valence-electron chi connectivity index (χ0n) is 13.9. The van der Waals surface area contributed by atoms with Crippen LogP contribution in [0.1, 0.15) is 18.9 Å². The molecule has 0 atom stereocenters. The number of aryl methyl sites for hydroxylation is 1. The molecule has 5 nitrogen and oxygen atoms in total. The fourth-order valence-electron chi connectivity index (χ4n) is 3.38. The summed E-state index contributed by atoms with van der Waals surface area (Å²) in [6.07, 6.45) is 3.90. The molecule has 0 fully saturated rings. The summed E-state index contributed by atoms with van der Waals surface area (Å²) >= 11 is 0. The van der Waals surface area contributed by atoms with Crippen molar-refractivity contribution in [3.05, 3.63) is 42.1 Å². The molecule has 1 aromatic heterocycles. The molecule has 2 aromatic carbocycles. The molecule has 2 aliphatic heterocycles. The fraction of sp³-hybridized carbons (Fsp3) is 0.250. The van der Waals surface area contributed by atoms with Gasteiger partial charge in [-0.15, -0.1) is 0 Å². The Morgan fingerprint density at radius 1 is 0.800 bits per heavy atom. The number of hydrogen-bond acceptors (Lipinski definition) is 5. The number of nitrogens with zero attached hydrogens (tertiary/aromatic N) is 1. The summed E-state index contributed by atoms with van der Waals surface area (Å²) in [6, 6.07) is 10.2. The fourth-order valence-corrected chi connectivity index (χ4v) is 3.38. The van der Waals surface area contributed by atoms with E-state index in [0.29, 0.717) is 0 Å². The molecule has 3 heterocycles. The maximum atomic E-state index is 5.56. The van der Waals surface area contributed by atoms with Crippen LogP contribution in [-0.4, -0.2) is 18.6 Å². The highest BCUT2D eigenvalue weighted by molar-refractivity contribution is 5.89. The van der Waals surface area contributed by atoms with Crippen molar-refractivity contribution in [3.63, 3.8) is 0 Å². The summed E-state index contributed by atoms with van der Waals surface area (Å²) in [6.45, 7) is 2.72. The van der Waals surface area contributed by atoms with Gasteiger partial charge in [-0.2, -0.15) is 0 Å². The predicted molar refractivity (Wildman–Crippen MR) is 93.4 cm³/mol. The maximum absolute atomic E-state index is 5.56. The second-order valence-electron chi connectivity index (χ2n) is 6.23. The van der Waals surface area contributed by atoms with E-state index in [2.05, 4.69) is 24.0 Å². The van der Waals surface area contributed by atoms with E-state index in [1.807, 2.05) is 24.4 Å². The minimum absolute atomic E-state index is 0.273. The number of fused-ring (bicyclic) bond motifs is 3. The van der Waals surface area contributed by atoms with E-state index in [1.54, 1.807) is 0 Å². The van der Waals surface area contributed by atoms with Gasteiger partial charge in [0.15, 0.2) is 23.0 Å². The molecular formula is C20H17NO4. The molecule has 0 radical (unpaired) electrons. The zero-order chi connectivity index (χ0) is 16.8. The lowest BCUT2D eigenvalue weighted by Crippen LogP contribution is -1.93. The van der Waals surface area contributed by atoms with Crippen LogP contribution < -0.4 is 18.9 Å². The van der Waals surface area contributed by atoms with Crippen molar-refractivity contribution in [2.45, 2.75) is 19.8 Å². The van der Waals surface area contributed by atoms with Crippen molar-refractivity contribution in [2.75, 3.05) is 13.6 Å². The molecular weight excluding hydrogens is 318 g/mol. The van der Waals surface area contributed by atoms with Crippen LogP contribution in [0.25, 0.3) is 22.0 Å². The van der Waals surface area contributed by atoms with Gasteiger partial charge >= 0.3 is 0 Å². The molecule has 0 aliphatic carbocycles. The molecule has 2 aliphatic rings. The Bertz CT molecular complexity index is 983. The Balaban J connectivity index is 1.66. The molecule has 0 unspecified atom stereocenters. The number of aromatic nitrogens is 1. The lowest BCUT2D eigenvalue weighted by atomic mass is 9.98. The smallest absolute Gasteiger partial charge is 0.231 e. The number of hydrogen-bond donors (Lipinski definition) is 0. The highest BCUT2D eigenvalue weighted by Crippen LogP contribution is 2.40. The predicted octanol–water partition coefficient (Wildman–Crippen LogP) is 4.31. The van der Waals surface area contributed by atoms with Crippen molar-refractivity contribution in [2.24, 2.45) is 0 Å². The minimum atomic E-state index is 0.273. The zero-order valence-corrected chi connectivity index (χ0v) is 13.9. The first-order valence-electron chi connectivity index (χ1n) is 8.44. The number of rotatable bonds is 3. The summed E-state index contributed by atoms with van der Waals surface area (Å²) in [5, 5.41) is 2.11. The Kier molecular flexibility index (Phi) is 3.20. The van der Waals surface area contributed by atoms with E-state index in [0.717, 1.165) is 57.9 Å². The average molecular weight is 335 g/mol. The molecule has 0 saturated heterocycles. The quantitative estimate of drug-likeness (QED) is 0.714. The van der Waals surface area contributed by atoms with Gasteiger partial charge in [0.1, 0.15) is 0 Å². The van der Waals surface area contributed by atoms with Crippen LogP contribution in [0.2, 0.25) is 0 Å². The van der Waals surface area contributed by atoms with Crippen LogP contribution in [0.4, 0.5) is 0 Å². The monoisotopic (exact) mass is 335 g/mol. The second kappa shape index (κ2) is 5.55. The highest BCUT2D eigenvalue weighted by atomic mass is 16.7. The van der Waals surface area contributed by atoms with Crippen molar-refractivity contribution < 1.29 is 18.9 Å². The van der Waals surface area contributed by atoms with Crippen LogP contribution >= 0.6 is 0 Å².